The SMILES string of the molecule is O[C@H]1CCOc2ncccc21. The summed E-state index contributed by atoms with van der Waals surface area (Å²) >= 11 is 0. The number of aromatic nitrogens is 1. The number of pyridine rings is 1. The van der Waals surface area contributed by atoms with E-state index in [9.17, 15) is 5.11 Å². The molecule has 3 nitrogen and oxygen atoms in total. The van der Waals surface area contributed by atoms with Gasteiger partial charge in [-0.05, 0) is 12.1 Å². The van der Waals surface area contributed by atoms with Crippen LogP contribution < -0.4 is 4.74 Å². The number of ether oxygens (including phenoxy) is 1. The van der Waals surface area contributed by atoms with Crippen molar-refractivity contribution in [3.63, 3.8) is 0 Å². The second-order valence-electron chi connectivity index (χ2n) is 2.55. The van der Waals surface area contributed by atoms with Crippen LogP contribution in [0.1, 0.15) is 18.1 Å². The monoisotopic (exact) mass is 151 g/mol. The molecule has 0 amide bonds. The van der Waals surface area contributed by atoms with Crippen molar-refractivity contribution in [2.45, 2.75) is 12.5 Å². The van der Waals surface area contributed by atoms with Gasteiger partial charge < -0.3 is 9.84 Å². The molecule has 58 valence electrons. The minimum atomic E-state index is -0.396. The van der Waals surface area contributed by atoms with Gasteiger partial charge in [-0.1, -0.05) is 0 Å². The molecule has 0 spiro atoms. The Balaban J connectivity index is 2.44. The van der Waals surface area contributed by atoms with Crippen LogP contribution in [0.25, 0.3) is 0 Å². The van der Waals surface area contributed by atoms with Crippen molar-refractivity contribution in [3.05, 3.63) is 23.9 Å². The number of aliphatic hydroxyl groups is 1. The maximum absolute atomic E-state index is 9.44. The van der Waals surface area contributed by atoms with Crippen LogP contribution in [0.3, 0.4) is 0 Å². The molecule has 1 aromatic heterocycles. The van der Waals surface area contributed by atoms with Gasteiger partial charge in [0.05, 0.1) is 12.7 Å². The zero-order valence-corrected chi connectivity index (χ0v) is 6.03. The van der Waals surface area contributed by atoms with E-state index in [0.717, 1.165) is 5.56 Å². The highest BCUT2D eigenvalue weighted by Crippen LogP contribution is 2.28. The van der Waals surface area contributed by atoms with Crippen LogP contribution >= 0.6 is 0 Å². The predicted octanol–water partition coefficient (Wildman–Crippen LogP) is 0.897. The Morgan fingerprint density at radius 2 is 2.55 bits per heavy atom. The molecule has 1 atom stereocenters. The molecule has 0 fully saturated rings. The van der Waals surface area contributed by atoms with Gasteiger partial charge >= 0.3 is 0 Å². The minimum absolute atomic E-state index is 0.396. The summed E-state index contributed by atoms with van der Waals surface area (Å²) in [5.41, 5.74) is 0.804. The standard InChI is InChI=1S/C8H9NO2/c10-7-3-5-11-8-6(7)2-1-4-9-8/h1-2,4,7,10H,3,5H2/t7-/m0/s1. The van der Waals surface area contributed by atoms with Crippen LogP contribution in [-0.2, 0) is 0 Å². The van der Waals surface area contributed by atoms with E-state index >= 15 is 0 Å². The number of fused-ring (bicyclic) bond motifs is 1. The molecule has 11 heavy (non-hydrogen) atoms. The zero-order valence-electron chi connectivity index (χ0n) is 6.03. The summed E-state index contributed by atoms with van der Waals surface area (Å²) in [6.07, 6.45) is 1.93. The van der Waals surface area contributed by atoms with Crippen LogP contribution in [0.15, 0.2) is 18.3 Å². The molecule has 2 heterocycles. The third-order valence-electron chi connectivity index (χ3n) is 1.79. The molecule has 1 N–H and O–H groups in total. The molecule has 0 saturated heterocycles. The molecular formula is C8H9NO2. The van der Waals surface area contributed by atoms with Crippen molar-refractivity contribution in [2.24, 2.45) is 0 Å². The Kier molecular flexibility index (Phi) is 1.51. The smallest absolute Gasteiger partial charge is 0.219 e. The maximum atomic E-state index is 9.44. The molecule has 0 saturated carbocycles. The van der Waals surface area contributed by atoms with Gasteiger partial charge in [0, 0.05) is 18.2 Å². The highest BCUT2D eigenvalue weighted by Gasteiger charge is 2.18. The molecule has 0 radical (unpaired) electrons. The van der Waals surface area contributed by atoms with E-state index in [1.807, 2.05) is 6.07 Å². The van der Waals surface area contributed by atoms with Gasteiger partial charge in [0.25, 0.3) is 0 Å². The third-order valence-corrected chi connectivity index (χ3v) is 1.79. The summed E-state index contributed by atoms with van der Waals surface area (Å²) in [6.45, 7) is 0.561. The fraction of sp³-hybridized carbons (Fsp3) is 0.375. The van der Waals surface area contributed by atoms with E-state index in [2.05, 4.69) is 4.98 Å². The summed E-state index contributed by atoms with van der Waals surface area (Å²) in [5, 5.41) is 9.44. The van der Waals surface area contributed by atoms with Gasteiger partial charge in [0.15, 0.2) is 0 Å². The summed E-state index contributed by atoms with van der Waals surface area (Å²) in [7, 11) is 0. The van der Waals surface area contributed by atoms with Crippen molar-refractivity contribution < 1.29 is 9.84 Å². The molecule has 2 rings (SSSR count). The van der Waals surface area contributed by atoms with E-state index in [1.165, 1.54) is 0 Å². The summed E-state index contributed by atoms with van der Waals surface area (Å²) < 4.78 is 5.22. The Labute approximate surface area is 64.6 Å². The van der Waals surface area contributed by atoms with Crippen LogP contribution in [0.5, 0.6) is 5.88 Å². The van der Waals surface area contributed by atoms with E-state index in [4.69, 9.17) is 4.74 Å². The van der Waals surface area contributed by atoms with Gasteiger partial charge in [0.1, 0.15) is 0 Å². The molecule has 0 bridgehead atoms. The lowest BCUT2D eigenvalue weighted by Gasteiger charge is -2.19. The lowest BCUT2D eigenvalue weighted by molar-refractivity contribution is 0.112. The lowest BCUT2D eigenvalue weighted by atomic mass is 10.1. The molecule has 0 aliphatic carbocycles. The maximum Gasteiger partial charge on any atom is 0.219 e. The van der Waals surface area contributed by atoms with Crippen molar-refractivity contribution >= 4 is 0 Å². The number of aliphatic hydroxyl groups excluding tert-OH is 1. The first-order valence-corrected chi connectivity index (χ1v) is 3.64. The highest BCUT2D eigenvalue weighted by atomic mass is 16.5. The van der Waals surface area contributed by atoms with Crippen molar-refractivity contribution in [1.29, 1.82) is 0 Å². The van der Waals surface area contributed by atoms with Gasteiger partial charge in [-0.25, -0.2) is 4.98 Å². The quantitative estimate of drug-likeness (QED) is 0.599. The van der Waals surface area contributed by atoms with Crippen molar-refractivity contribution in [1.82, 2.24) is 4.98 Å². The molecular weight excluding hydrogens is 142 g/mol. The highest BCUT2D eigenvalue weighted by molar-refractivity contribution is 5.29. The van der Waals surface area contributed by atoms with Gasteiger partial charge in [-0.2, -0.15) is 0 Å². The summed E-state index contributed by atoms with van der Waals surface area (Å²) in [6, 6.07) is 3.64. The Morgan fingerprint density at radius 1 is 1.64 bits per heavy atom. The fourth-order valence-electron chi connectivity index (χ4n) is 1.20. The summed E-state index contributed by atoms with van der Waals surface area (Å²) in [5.74, 6) is 0.575. The average Bonchev–Trinajstić information content (AvgIpc) is 2.06. The lowest BCUT2D eigenvalue weighted by Crippen LogP contribution is -2.14. The van der Waals surface area contributed by atoms with Crippen molar-refractivity contribution in [2.75, 3.05) is 6.61 Å². The molecule has 1 aromatic rings. The van der Waals surface area contributed by atoms with E-state index in [-0.39, 0.29) is 0 Å². The zero-order chi connectivity index (χ0) is 7.68. The Morgan fingerprint density at radius 3 is 3.36 bits per heavy atom. The second-order valence-corrected chi connectivity index (χ2v) is 2.55. The minimum Gasteiger partial charge on any atom is -0.477 e. The second kappa shape index (κ2) is 2.51. The number of nitrogens with zero attached hydrogens (tertiary/aromatic N) is 1. The fourth-order valence-corrected chi connectivity index (χ4v) is 1.20. The van der Waals surface area contributed by atoms with Crippen LogP contribution in [0.4, 0.5) is 0 Å². The van der Waals surface area contributed by atoms with E-state index < -0.39 is 6.10 Å². The predicted molar refractivity (Wildman–Crippen MR) is 39.3 cm³/mol. The first-order chi connectivity index (χ1) is 5.38. The van der Waals surface area contributed by atoms with Crippen LogP contribution in [0, 0.1) is 0 Å². The summed E-state index contributed by atoms with van der Waals surface area (Å²) in [4.78, 5) is 3.99. The van der Waals surface area contributed by atoms with E-state index in [0.29, 0.717) is 18.9 Å². The normalized spacial score (nSPS) is 22.1. The average molecular weight is 151 g/mol. The van der Waals surface area contributed by atoms with Crippen LogP contribution in [-0.4, -0.2) is 16.7 Å². The molecule has 1 aliphatic heterocycles. The first kappa shape index (κ1) is 6.61. The van der Waals surface area contributed by atoms with Gasteiger partial charge in [-0.15, -0.1) is 0 Å². The number of rotatable bonds is 0. The van der Waals surface area contributed by atoms with Crippen molar-refractivity contribution in [3.8, 4) is 5.88 Å². The first-order valence-electron chi connectivity index (χ1n) is 3.64. The Bertz CT molecular complexity index is 262. The Hall–Kier alpha value is -1.09. The molecule has 1 aliphatic rings. The molecule has 0 unspecified atom stereocenters. The van der Waals surface area contributed by atoms with E-state index in [1.54, 1.807) is 12.3 Å². The molecule has 0 aromatic carbocycles. The largest absolute Gasteiger partial charge is 0.477 e. The van der Waals surface area contributed by atoms with Gasteiger partial charge in [0.2, 0.25) is 5.88 Å². The number of hydrogen-bond acceptors (Lipinski definition) is 3. The molecule has 3 heteroatoms. The van der Waals surface area contributed by atoms with Gasteiger partial charge in [-0.3, -0.25) is 0 Å². The topological polar surface area (TPSA) is 42.4 Å². The van der Waals surface area contributed by atoms with Crippen LogP contribution in [0.2, 0.25) is 0 Å². The third kappa shape index (κ3) is 1.07. The number of hydrogen-bond donors (Lipinski definition) is 1.